The summed E-state index contributed by atoms with van der Waals surface area (Å²) in [7, 11) is 2.15. The van der Waals surface area contributed by atoms with E-state index in [1.54, 1.807) is 0 Å². The Hall–Kier alpha value is -1.20. The number of rotatable bonds is 7. The number of aromatic nitrogens is 2. The van der Waals surface area contributed by atoms with Crippen molar-refractivity contribution in [3.8, 4) is 0 Å². The summed E-state index contributed by atoms with van der Waals surface area (Å²) in [5, 5.41) is 3.26. The lowest BCUT2D eigenvalue weighted by Gasteiger charge is -2.21. The van der Waals surface area contributed by atoms with Crippen molar-refractivity contribution in [3.63, 3.8) is 0 Å². The molecule has 0 saturated carbocycles. The highest BCUT2D eigenvalue weighted by Crippen LogP contribution is 2.09. The first-order valence-corrected chi connectivity index (χ1v) is 7.66. The van der Waals surface area contributed by atoms with Crippen LogP contribution in [-0.4, -0.2) is 59.5 Å². The molecule has 1 fully saturated rings. The summed E-state index contributed by atoms with van der Waals surface area (Å²) in [6, 6.07) is 2.00. The summed E-state index contributed by atoms with van der Waals surface area (Å²) in [6.07, 6.45) is 2.72. The third kappa shape index (κ3) is 4.72. The predicted molar refractivity (Wildman–Crippen MR) is 82.9 cm³/mol. The van der Waals surface area contributed by atoms with Gasteiger partial charge in [-0.1, -0.05) is 0 Å². The maximum Gasteiger partial charge on any atom is 0.144 e. The zero-order valence-electron chi connectivity index (χ0n) is 13.0. The second kappa shape index (κ2) is 7.55. The number of aryl methyl sites for hydroxylation is 1. The number of nitrogens with zero attached hydrogens (tertiary/aromatic N) is 4. The number of anilines is 1. The molecule has 0 aromatic carbocycles. The highest BCUT2D eigenvalue weighted by atomic mass is 15.2. The minimum Gasteiger partial charge on any atom is -0.370 e. The fourth-order valence-corrected chi connectivity index (χ4v) is 2.61. The molecule has 5 nitrogen and oxygen atoms in total. The Morgan fingerprint density at radius 2 is 2.05 bits per heavy atom. The number of likely N-dealkylation sites (tertiary alicyclic amines) is 1. The van der Waals surface area contributed by atoms with E-state index in [0.29, 0.717) is 0 Å². The maximum absolute atomic E-state index is 4.57. The molecule has 1 saturated heterocycles. The molecule has 0 spiro atoms. The molecule has 0 bridgehead atoms. The van der Waals surface area contributed by atoms with Gasteiger partial charge >= 0.3 is 0 Å². The van der Waals surface area contributed by atoms with Crippen LogP contribution in [0.2, 0.25) is 0 Å². The van der Waals surface area contributed by atoms with Crippen molar-refractivity contribution in [2.45, 2.75) is 33.2 Å². The summed E-state index contributed by atoms with van der Waals surface area (Å²) in [4.78, 5) is 13.9. The summed E-state index contributed by atoms with van der Waals surface area (Å²) < 4.78 is 0. The van der Waals surface area contributed by atoms with Gasteiger partial charge in [-0.3, -0.25) is 4.90 Å². The molecule has 112 valence electrons. The fourth-order valence-electron chi connectivity index (χ4n) is 2.61. The van der Waals surface area contributed by atoms with Crippen LogP contribution in [0.15, 0.2) is 6.07 Å². The maximum atomic E-state index is 4.57. The molecule has 1 aromatic rings. The van der Waals surface area contributed by atoms with Crippen molar-refractivity contribution in [2.24, 2.45) is 0 Å². The monoisotopic (exact) mass is 277 g/mol. The largest absolute Gasteiger partial charge is 0.370 e. The van der Waals surface area contributed by atoms with Gasteiger partial charge in [0.15, 0.2) is 0 Å². The molecule has 0 radical (unpaired) electrons. The van der Waals surface area contributed by atoms with E-state index in [4.69, 9.17) is 0 Å². The highest BCUT2D eigenvalue weighted by Gasteiger charge is 2.12. The first-order valence-electron chi connectivity index (χ1n) is 7.66. The molecule has 0 amide bonds. The smallest absolute Gasteiger partial charge is 0.144 e. The molecule has 0 aliphatic carbocycles. The average Bonchev–Trinajstić information content (AvgIpc) is 2.89. The van der Waals surface area contributed by atoms with Gasteiger partial charge in [0.1, 0.15) is 11.6 Å². The van der Waals surface area contributed by atoms with E-state index in [-0.39, 0.29) is 0 Å². The van der Waals surface area contributed by atoms with Crippen molar-refractivity contribution >= 4 is 5.82 Å². The van der Waals surface area contributed by atoms with E-state index in [9.17, 15) is 0 Å². The molecule has 20 heavy (non-hydrogen) atoms. The van der Waals surface area contributed by atoms with Crippen LogP contribution in [0.4, 0.5) is 5.82 Å². The van der Waals surface area contributed by atoms with Gasteiger partial charge in [-0.05, 0) is 46.8 Å². The minimum atomic E-state index is 0.813. The zero-order chi connectivity index (χ0) is 14.4. The third-order valence-corrected chi connectivity index (χ3v) is 3.67. The normalized spacial score (nSPS) is 16.0. The zero-order valence-corrected chi connectivity index (χ0v) is 13.0. The van der Waals surface area contributed by atoms with Crippen LogP contribution in [0.3, 0.4) is 0 Å². The molecule has 0 atom stereocenters. The number of likely N-dealkylation sites (N-methyl/N-ethyl adjacent to an activating group) is 1. The number of hydrogen-bond donors (Lipinski definition) is 1. The Morgan fingerprint density at radius 3 is 2.75 bits per heavy atom. The molecule has 1 N–H and O–H groups in total. The van der Waals surface area contributed by atoms with Gasteiger partial charge in [0, 0.05) is 31.4 Å². The molecular formula is C15H27N5. The summed E-state index contributed by atoms with van der Waals surface area (Å²) in [6.45, 7) is 10.6. The lowest BCUT2D eigenvalue weighted by Crippen LogP contribution is -2.31. The lowest BCUT2D eigenvalue weighted by molar-refractivity contribution is 0.248. The molecule has 1 aromatic heterocycles. The standard InChI is InChI=1S/C15H27N5/c1-4-16-14-11-13(2)17-15(18-14)12-19(3)9-10-20-7-5-6-8-20/h11H,4-10,12H2,1-3H3,(H,16,17,18). The van der Waals surface area contributed by atoms with Crippen molar-refractivity contribution in [1.82, 2.24) is 19.8 Å². The van der Waals surface area contributed by atoms with Crippen LogP contribution >= 0.6 is 0 Å². The van der Waals surface area contributed by atoms with E-state index < -0.39 is 0 Å². The van der Waals surface area contributed by atoms with E-state index in [1.165, 1.54) is 25.9 Å². The van der Waals surface area contributed by atoms with Crippen LogP contribution in [0.25, 0.3) is 0 Å². The van der Waals surface area contributed by atoms with Gasteiger partial charge in [0.2, 0.25) is 0 Å². The van der Waals surface area contributed by atoms with E-state index in [1.807, 2.05) is 13.0 Å². The van der Waals surface area contributed by atoms with E-state index in [2.05, 4.69) is 39.1 Å². The lowest BCUT2D eigenvalue weighted by atomic mass is 10.4. The Kier molecular flexibility index (Phi) is 5.73. The van der Waals surface area contributed by atoms with Crippen LogP contribution in [0, 0.1) is 6.92 Å². The van der Waals surface area contributed by atoms with Gasteiger partial charge < -0.3 is 10.2 Å². The van der Waals surface area contributed by atoms with Crippen molar-refractivity contribution < 1.29 is 0 Å². The molecule has 5 heteroatoms. The van der Waals surface area contributed by atoms with Gasteiger partial charge in [-0.25, -0.2) is 9.97 Å². The number of hydrogen-bond acceptors (Lipinski definition) is 5. The Labute approximate surface area is 122 Å². The van der Waals surface area contributed by atoms with Gasteiger partial charge in [-0.2, -0.15) is 0 Å². The van der Waals surface area contributed by atoms with Crippen molar-refractivity contribution in [2.75, 3.05) is 45.1 Å². The quantitative estimate of drug-likeness (QED) is 0.822. The second-order valence-corrected chi connectivity index (χ2v) is 5.63. The molecule has 2 heterocycles. The first kappa shape index (κ1) is 15.2. The highest BCUT2D eigenvalue weighted by molar-refractivity contribution is 5.35. The van der Waals surface area contributed by atoms with Gasteiger partial charge in [0.25, 0.3) is 0 Å². The summed E-state index contributed by atoms with van der Waals surface area (Å²) in [5.41, 5.74) is 1.03. The van der Waals surface area contributed by atoms with Crippen LogP contribution < -0.4 is 5.32 Å². The van der Waals surface area contributed by atoms with E-state index >= 15 is 0 Å². The Bertz CT molecular complexity index is 415. The van der Waals surface area contributed by atoms with Crippen molar-refractivity contribution in [1.29, 1.82) is 0 Å². The van der Waals surface area contributed by atoms with Gasteiger partial charge in [0.05, 0.1) is 6.54 Å². The van der Waals surface area contributed by atoms with E-state index in [0.717, 1.165) is 43.5 Å². The Balaban J connectivity index is 1.84. The molecule has 1 aliphatic heterocycles. The Morgan fingerprint density at radius 1 is 1.30 bits per heavy atom. The van der Waals surface area contributed by atoms with Crippen molar-refractivity contribution in [3.05, 3.63) is 17.6 Å². The minimum absolute atomic E-state index is 0.813. The fraction of sp³-hybridized carbons (Fsp3) is 0.733. The summed E-state index contributed by atoms with van der Waals surface area (Å²) in [5.74, 6) is 1.84. The molecule has 1 aliphatic rings. The van der Waals surface area contributed by atoms with Crippen LogP contribution in [-0.2, 0) is 6.54 Å². The second-order valence-electron chi connectivity index (χ2n) is 5.63. The van der Waals surface area contributed by atoms with Crippen LogP contribution in [0.5, 0.6) is 0 Å². The molecule has 0 unspecified atom stereocenters. The van der Waals surface area contributed by atoms with Gasteiger partial charge in [-0.15, -0.1) is 0 Å². The molecular weight excluding hydrogens is 250 g/mol. The molecule has 2 rings (SSSR count). The predicted octanol–water partition coefficient (Wildman–Crippen LogP) is 1.74. The average molecular weight is 277 g/mol. The SMILES string of the molecule is CCNc1cc(C)nc(CN(C)CCN2CCCC2)n1. The topological polar surface area (TPSA) is 44.3 Å². The van der Waals surface area contributed by atoms with Crippen LogP contribution in [0.1, 0.15) is 31.3 Å². The first-order chi connectivity index (χ1) is 9.67. The summed E-state index contributed by atoms with van der Waals surface area (Å²) >= 11 is 0. The number of nitrogens with one attached hydrogen (secondary N) is 1. The third-order valence-electron chi connectivity index (χ3n) is 3.67.